The maximum atomic E-state index is 12.3. The smallest absolute Gasteiger partial charge is 0.327 e. The average Bonchev–Trinajstić information content (AvgIpc) is 3.14. The van der Waals surface area contributed by atoms with E-state index < -0.39 is 12.0 Å². The average molecular weight is 770 g/mol. The summed E-state index contributed by atoms with van der Waals surface area (Å²) in [5, 5.41) is 12.2. The number of aliphatic carboxylic acids is 1. The Morgan fingerprint density at radius 1 is 0.500 bits per heavy atom. The Kier molecular flexibility index (Phi) is 43.4. The highest BCUT2D eigenvalue weighted by molar-refractivity contribution is 7.99. The molecule has 0 aliphatic rings. The van der Waals surface area contributed by atoms with Gasteiger partial charge in [-0.15, -0.1) is 0 Å². The van der Waals surface area contributed by atoms with Crippen LogP contribution in [0.25, 0.3) is 0 Å². The maximum absolute atomic E-state index is 12.3. The summed E-state index contributed by atoms with van der Waals surface area (Å²) in [7, 11) is 1.64. The second-order valence-corrected chi connectivity index (χ2v) is 13.6. The molecule has 0 radical (unpaired) electrons. The molecule has 0 unspecified atom stereocenters. The van der Waals surface area contributed by atoms with Crippen LogP contribution in [0.4, 0.5) is 0 Å². The van der Waals surface area contributed by atoms with Crippen LogP contribution in [0.1, 0.15) is 96.8 Å². The molecule has 0 saturated heterocycles. The molecule has 0 rings (SSSR count). The number of nitrogens with one attached hydrogen (secondary N) is 1. The van der Waals surface area contributed by atoms with Crippen molar-refractivity contribution < 1.29 is 57.3 Å². The lowest BCUT2D eigenvalue weighted by Gasteiger charge is -2.14. The summed E-state index contributed by atoms with van der Waals surface area (Å²) in [6, 6.07) is -0.883. The number of amides is 1. The zero-order valence-corrected chi connectivity index (χ0v) is 33.6. The largest absolute Gasteiger partial charge is 0.480 e. The zero-order valence-electron chi connectivity index (χ0n) is 32.8. The number of rotatable bonds is 45. The molecule has 13 nitrogen and oxygen atoms in total. The number of thioether (sulfide) groups is 1. The second kappa shape index (κ2) is 44.3. The highest BCUT2D eigenvalue weighted by Crippen LogP contribution is 2.13. The van der Waals surface area contributed by atoms with E-state index in [0.717, 1.165) is 19.3 Å². The molecule has 310 valence electrons. The van der Waals surface area contributed by atoms with E-state index in [0.29, 0.717) is 130 Å². The first-order chi connectivity index (χ1) is 25.6. The number of hydrogen-bond acceptors (Lipinski definition) is 12. The van der Waals surface area contributed by atoms with Crippen LogP contribution in [0.5, 0.6) is 0 Å². The summed E-state index contributed by atoms with van der Waals surface area (Å²) in [5.74, 6) is -0.232. The highest BCUT2D eigenvalue weighted by Gasteiger charge is 2.19. The van der Waals surface area contributed by atoms with Crippen molar-refractivity contribution in [2.45, 2.75) is 103 Å². The third kappa shape index (κ3) is 41.7. The Labute approximate surface area is 319 Å². The fraction of sp³-hybridized carbons (Fsp3) is 0.947. The van der Waals surface area contributed by atoms with Crippen LogP contribution >= 0.6 is 11.8 Å². The lowest BCUT2D eigenvalue weighted by Crippen LogP contribution is -2.42. The van der Waals surface area contributed by atoms with Gasteiger partial charge < -0.3 is 53.1 Å². The van der Waals surface area contributed by atoms with E-state index in [1.54, 1.807) is 7.11 Å². The summed E-state index contributed by atoms with van der Waals surface area (Å²) < 4.78 is 48.5. The molecule has 1 amide bonds. The molecule has 0 aliphatic carbocycles. The molecule has 1 atom stereocenters. The Morgan fingerprint density at radius 3 is 1.17 bits per heavy atom. The topological polar surface area (TPSA) is 149 Å². The predicted octanol–water partition coefficient (Wildman–Crippen LogP) is 5.55. The Morgan fingerprint density at radius 2 is 0.827 bits per heavy atom. The van der Waals surface area contributed by atoms with Gasteiger partial charge in [0.05, 0.1) is 112 Å². The first-order valence-corrected chi connectivity index (χ1v) is 21.0. The van der Waals surface area contributed by atoms with Gasteiger partial charge in [0.15, 0.2) is 0 Å². The van der Waals surface area contributed by atoms with Crippen LogP contribution in [0.3, 0.4) is 0 Å². The van der Waals surface area contributed by atoms with Crippen molar-refractivity contribution in [2.24, 2.45) is 0 Å². The Balaban J connectivity index is 3.39. The van der Waals surface area contributed by atoms with Crippen LogP contribution in [0, 0.1) is 0 Å². The fourth-order valence-corrected chi connectivity index (χ4v) is 5.71. The van der Waals surface area contributed by atoms with Crippen LogP contribution in [-0.2, 0) is 52.2 Å². The molecule has 0 heterocycles. The Hall–Kier alpha value is -1.07. The molecule has 0 bridgehead atoms. The van der Waals surface area contributed by atoms with E-state index >= 15 is 0 Å². The molecule has 0 aromatic rings. The molecule has 2 N–H and O–H groups in total. The van der Waals surface area contributed by atoms with Crippen molar-refractivity contribution in [2.75, 3.05) is 131 Å². The standard InChI is InChI=1S/C38H75NO12S/c1-3-4-5-6-7-8-9-10-11-12-13-14-15-16-37(40)39-36(38(41)42)35-52-34-33-51-32-31-50-30-29-49-28-27-48-26-25-47-24-23-46-22-21-45-20-19-44-18-17-43-2/h36H,3-35H2,1-2H3,(H,39,40)(H,41,42)/t36-/m0/s1. The van der Waals surface area contributed by atoms with Gasteiger partial charge in [0.2, 0.25) is 5.91 Å². The number of carboxylic acid groups (broad SMARTS) is 1. The third-order valence-corrected chi connectivity index (χ3v) is 8.86. The first kappa shape index (κ1) is 50.9. The van der Waals surface area contributed by atoms with Gasteiger partial charge in [-0.25, -0.2) is 4.79 Å². The van der Waals surface area contributed by atoms with Crippen LogP contribution in [0.15, 0.2) is 0 Å². The van der Waals surface area contributed by atoms with Gasteiger partial charge in [-0.2, -0.15) is 11.8 Å². The molecule has 0 fully saturated rings. The summed E-state index contributed by atoms with van der Waals surface area (Å²) in [6.07, 6.45) is 16.6. The summed E-state index contributed by atoms with van der Waals surface area (Å²) in [6.45, 7) is 10.8. The molecule has 0 spiro atoms. The molecule has 0 aromatic carbocycles. The zero-order chi connectivity index (χ0) is 37.8. The highest BCUT2D eigenvalue weighted by atomic mass is 32.2. The van der Waals surface area contributed by atoms with Gasteiger partial charge in [-0.05, 0) is 6.42 Å². The van der Waals surface area contributed by atoms with Crippen molar-refractivity contribution in [3.05, 3.63) is 0 Å². The SMILES string of the molecule is CCCCCCCCCCCCCCCC(=O)N[C@@H](CSCCOCCOCCOCCOCCOCCOCCOCCOCCOC)C(=O)O. The summed E-state index contributed by atoms with van der Waals surface area (Å²) in [5.41, 5.74) is 0. The molecule has 14 heteroatoms. The second-order valence-electron chi connectivity index (χ2n) is 12.4. The monoisotopic (exact) mass is 770 g/mol. The minimum absolute atomic E-state index is 0.182. The van der Waals surface area contributed by atoms with Gasteiger partial charge in [0, 0.05) is 25.0 Å². The molecule has 0 aliphatic heterocycles. The minimum atomic E-state index is -1.00. The number of carboxylic acids is 1. The van der Waals surface area contributed by atoms with Crippen molar-refractivity contribution in [3.63, 3.8) is 0 Å². The number of unbranched alkanes of at least 4 members (excludes halogenated alkanes) is 12. The number of methoxy groups -OCH3 is 1. The van der Waals surface area contributed by atoms with Gasteiger partial charge in [0.1, 0.15) is 6.04 Å². The van der Waals surface area contributed by atoms with E-state index in [9.17, 15) is 14.7 Å². The minimum Gasteiger partial charge on any atom is -0.480 e. The van der Waals surface area contributed by atoms with E-state index in [4.69, 9.17) is 42.6 Å². The van der Waals surface area contributed by atoms with Gasteiger partial charge in [-0.3, -0.25) is 4.79 Å². The van der Waals surface area contributed by atoms with E-state index in [1.807, 2.05) is 0 Å². The van der Waals surface area contributed by atoms with Crippen LogP contribution in [0.2, 0.25) is 0 Å². The Bertz CT molecular complexity index is 740. The van der Waals surface area contributed by atoms with Crippen molar-refractivity contribution in [1.82, 2.24) is 5.32 Å². The molecular formula is C38H75NO12S. The van der Waals surface area contributed by atoms with Gasteiger partial charge in [0.25, 0.3) is 0 Å². The normalized spacial score (nSPS) is 12.0. The quantitative estimate of drug-likeness (QED) is 0.0747. The molecular weight excluding hydrogens is 694 g/mol. The molecule has 0 aromatic heterocycles. The van der Waals surface area contributed by atoms with Crippen molar-refractivity contribution in [3.8, 4) is 0 Å². The van der Waals surface area contributed by atoms with E-state index in [1.165, 1.54) is 76.0 Å². The van der Waals surface area contributed by atoms with Crippen molar-refractivity contribution in [1.29, 1.82) is 0 Å². The van der Waals surface area contributed by atoms with Crippen molar-refractivity contribution >= 4 is 23.6 Å². The van der Waals surface area contributed by atoms with Crippen LogP contribution in [-0.4, -0.2) is 154 Å². The number of hydrogen-bond donors (Lipinski definition) is 2. The third-order valence-electron chi connectivity index (χ3n) is 7.83. The molecule has 52 heavy (non-hydrogen) atoms. The van der Waals surface area contributed by atoms with E-state index in [2.05, 4.69) is 12.2 Å². The number of carbonyl (C=O) groups is 2. The van der Waals surface area contributed by atoms with Gasteiger partial charge >= 0.3 is 5.97 Å². The molecule has 0 saturated carbocycles. The predicted molar refractivity (Wildman–Crippen MR) is 206 cm³/mol. The number of ether oxygens (including phenoxy) is 9. The summed E-state index contributed by atoms with van der Waals surface area (Å²) in [4.78, 5) is 23.9. The van der Waals surface area contributed by atoms with Crippen LogP contribution < -0.4 is 5.32 Å². The first-order valence-electron chi connectivity index (χ1n) is 19.8. The summed E-state index contributed by atoms with van der Waals surface area (Å²) >= 11 is 1.46. The lowest BCUT2D eigenvalue weighted by atomic mass is 10.0. The fourth-order valence-electron chi connectivity index (χ4n) is 4.85. The van der Waals surface area contributed by atoms with E-state index in [-0.39, 0.29) is 5.91 Å². The maximum Gasteiger partial charge on any atom is 0.327 e. The van der Waals surface area contributed by atoms with Gasteiger partial charge in [-0.1, -0.05) is 84.0 Å². The lowest BCUT2D eigenvalue weighted by molar-refractivity contribution is -0.141. The number of carbonyl (C=O) groups excluding carboxylic acids is 1.